The van der Waals surface area contributed by atoms with Crippen molar-refractivity contribution in [3.8, 4) is 5.75 Å². The van der Waals surface area contributed by atoms with Crippen LogP contribution < -0.4 is 4.74 Å². The van der Waals surface area contributed by atoms with Crippen LogP contribution in [0.15, 0.2) is 12.1 Å². The van der Waals surface area contributed by atoms with Crippen LogP contribution in [-0.2, 0) is 43.4 Å². The van der Waals surface area contributed by atoms with Gasteiger partial charge in [-0.05, 0) is 42.2 Å². The van der Waals surface area contributed by atoms with Crippen molar-refractivity contribution < 1.29 is 40.8 Å². The minimum absolute atomic E-state index is 0.0390. The zero-order chi connectivity index (χ0) is 25.2. The Hall–Kier alpha value is -1.88. The molecule has 1 aromatic rings. The zero-order valence-corrected chi connectivity index (χ0v) is 19.2. The van der Waals surface area contributed by atoms with Crippen molar-refractivity contribution >= 4 is 45.6 Å². The molecular weight excluding hydrogens is 467 g/mol. The number of carbonyl (C=O) groups is 2. The molecule has 1 N–H and O–H groups in total. The third-order valence-electron chi connectivity index (χ3n) is 6.56. The summed E-state index contributed by atoms with van der Waals surface area (Å²) >= 11 is 0. The van der Waals surface area contributed by atoms with Crippen LogP contribution in [0.3, 0.4) is 0 Å². The minimum Gasteiger partial charge on any atom is -0.455 e. The molecule has 1 aromatic carbocycles. The quantitative estimate of drug-likeness (QED) is 0.229. The molecule has 2 aliphatic carbocycles. The lowest BCUT2D eigenvalue weighted by Gasteiger charge is -2.29. The Morgan fingerprint density at radius 2 is 1.53 bits per heavy atom. The van der Waals surface area contributed by atoms with Crippen molar-refractivity contribution in [2.24, 2.45) is 23.7 Å². The highest BCUT2D eigenvalue weighted by atomic mass is 32.2. The number of fused-ring (bicyclic) bond motifs is 2. The summed E-state index contributed by atoms with van der Waals surface area (Å²) < 4.78 is 68.0. The number of halogens is 2. The topological polar surface area (TPSA) is 107 Å². The van der Waals surface area contributed by atoms with Gasteiger partial charge in [-0.3, -0.25) is 14.1 Å². The van der Waals surface area contributed by atoms with E-state index in [1.807, 2.05) is 0 Å². The highest BCUT2D eigenvalue weighted by Gasteiger charge is 2.56. The first-order valence-corrected chi connectivity index (χ1v) is 12.5. The van der Waals surface area contributed by atoms with E-state index in [9.17, 15) is 26.8 Å². The molecular formula is C21H23B3F2O7S. The largest absolute Gasteiger partial charge is 0.455 e. The second kappa shape index (κ2) is 10.8. The molecule has 0 saturated heterocycles. The van der Waals surface area contributed by atoms with E-state index in [-0.39, 0.29) is 36.5 Å². The normalized spacial score (nSPS) is 24.8. The van der Waals surface area contributed by atoms with Crippen molar-refractivity contribution in [3.05, 3.63) is 28.8 Å². The number of esters is 2. The lowest BCUT2D eigenvalue weighted by Crippen LogP contribution is -2.41. The number of alkyl halides is 2. The van der Waals surface area contributed by atoms with Gasteiger partial charge in [-0.15, -0.1) is 0 Å². The summed E-state index contributed by atoms with van der Waals surface area (Å²) in [6.45, 7) is 0. The third-order valence-corrected chi connectivity index (χ3v) is 7.31. The summed E-state index contributed by atoms with van der Waals surface area (Å²) in [6, 6.07) is 3.38. The Morgan fingerprint density at radius 3 is 1.97 bits per heavy atom. The van der Waals surface area contributed by atoms with Gasteiger partial charge < -0.3 is 9.47 Å². The zero-order valence-electron chi connectivity index (χ0n) is 18.4. The van der Waals surface area contributed by atoms with Crippen LogP contribution in [0.5, 0.6) is 5.75 Å². The second-order valence-electron chi connectivity index (χ2n) is 8.72. The van der Waals surface area contributed by atoms with E-state index < -0.39 is 52.2 Å². The molecule has 2 fully saturated rings. The summed E-state index contributed by atoms with van der Waals surface area (Å²) in [6.07, 6.45) is -3.63. The van der Waals surface area contributed by atoms with Gasteiger partial charge in [0.05, 0.1) is 35.4 Å². The lowest BCUT2D eigenvalue weighted by atomic mass is 9.79. The first kappa shape index (κ1) is 26.7. The molecule has 7 nitrogen and oxygen atoms in total. The predicted octanol–water partition coefficient (Wildman–Crippen LogP) is 1.32. The molecule has 5 atom stereocenters. The Labute approximate surface area is 201 Å². The van der Waals surface area contributed by atoms with Crippen LogP contribution in [0.4, 0.5) is 8.78 Å². The molecule has 3 rings (SSSR count). The molecule has 13 heteroatoms. The van der Waals surface area contributed by atoms with Crippen molar-refractivity contribution in [3.63, 3.8) is 0 Å². The lowest BCUT2D eigenvalue weighted by molar-refractivity contribution is -0.168. The first-order valence-electron chi connectivity index (χ1n) is 10.9. The van der Waals surface area contributed by atoms with Gasteiger partial charge >= 0.3 is 11.9 Å². The van der Waals surface area contributed by atoms with Gasteiger partial charge in [-0.25, -0.2) is 8.78 Å². The maximum Gasteiger partial charge on any atom is 0.315 e. The molecule has 0 aromatic heterocycles. The second-order valence-corrected chi connectivity index (χ2v) is 10.2. The number of ether oxygens (including phenoxy) is 2. The molecule has 34 heavy (non-hydrogen) atoms. The van der Waals surface area contributed by atoms with Gasteiger partial charge in [-0.1, -0.05) is 36.7 Å². The van der Waals surface area contributed by atoms with E-state index in [1.54, 1.807) is 12.1 Å². The Balaban J connectivity index is 1.84. The summed E-state index contributed by atoms with van der Waals surface area (Å²) in [5.41, 5.74) is 1.76. The highest BCUT2D eigenvalue weighted by molar-refractivity contribution is 7.85. The molecule has 0 heterocycles. The monoisotopic (exact) mass is 490 g/mol. The van der Waals surface area contributed by atoms with Gasteiger partial charge in [0, 0.05) is 0 Å². The van der Waals surface area contributed by atoms with E-state index in [2.05, 4.69) is 0 Å². The van der Waals surface area contributed by atoms with E-state index in [0.717, 1.165) is 5.56 Å². The summed E-state index contributed by atoms with van der Waals surface area (Å²) in [4.78, 5) is 26.1. The van der Waals surface area contributed by atoms with E-state index in [4.69, 9.17) is 37.6 Å². The maximum absolute atomic E-state index is 13.3. The molecule has 0 amide bonds. The van der Waals surface area contributed by atoms with E-state index in [1.165, 1.54) is 0 Å². The molecule has 0 aliphatic heterocycles. The van der Waals surface area contributed by atoms with Crippen molar-refractivity contribution in [1.82, 2.24) is 0 Å². The maximum atomic E-state index is 13.3. The fraction of sp³-hybridized carbons (Fsp3) is 0.619. The molecule has 2 saturated carbocycles. The standard InChI is InChI=1S/C21H23B3F2O7S/c22-6-10-3-13(7-23)18(14(4-10)8-24)33-21(28)17-12-2-1-11(5-12)16(17)20(27)32-15(19(25)26)9-34(29,30)31/h3-4,11-12,15-17,19H,1-2,5-9H2,(H,29,30,31). The van der Waals surface area contributed by atoms with Gasteiger partial charge in [0.25, 0.3) is 16.5 Å². The van der Waals surface area contributed by atoms with E-state index >= 15 is 0 Å². The number of hydrogen-bond acceptors (Lipinski definition) is 6. The summed E-state index contributed by atoms with van der Waals surface area (Å²) in [7, 11) is 12.5. The van der Waals surface area contributed by atoms with Gasteiger partial charge in [0.2, 0.25) is 0 Å². The average Bonchev–Trinajstić information content (AvgIpc) is 3.39. The Morgan fingerprint density at radius 1 is 1.00 bits per heavy atom. The number of benzene rings is 1. The molecule has 2 bridgehead atoms. The molecule has 0 spiro atoms. The fourth-order valence-electron chi connectivity index (χ4n) is 5.11. The number of rotatable bonds is 10. The van der Waals surface area contributed by atoms with Crippen molar-refractivity contribution in [2.45, 2.75) is 50.8 Å². The molecule has 2 aliphatic rings. The van der Waals surface area contributed by atoms with Crippen LogP contribution in [0.2, 0.25) is 0 Å². The van der Waals surface area contributed by atoms with Gasteiger partial charge in [0.1, 0.15) is 11.5 Å². The third kappa shape index (κ3) is 5.84. The van der Waals surface area contributed by atoms with Crippen LogP contribution in [-0.4, -0.2) is 66.7 Å². The Bertz CT molecular complexity index is 1010. The first-order chi connectivity index (χ1) is 16.0. The van der Waals surface area contributed by atoms with Gasteiger partial charge in [0.15, 0.2) is 6.10 Å². The molecule has 178 valence electrons. The molecule has 6 radical (unpaired) electrons. The van der Waals surface area contributed by atoms with Crippen molar-refractivity contribution in [2.75, 3.05) is 5.75 Å². The number of carbonyl (C=O) groups excluding carboxylic acids is 2. The SMILES string of the molecule is [B]Cc1cc(C[B])c(OC(=O)C2C3CCC(C3)C2C(=O)OC(CS(=O)(=O)O)C(F)F)c(C[B])c1. The average molecular weight is 490 g/mol. The molecule has 5 unspecified atom stereocenters. The van der Waals surface area contributed by atoms with E-state index in [0.29, 0.717) is 30.4 Å². The van der Waals surface area contributed by atoms with Crippen LogP contribution in [0.1, 0.15) is 36.0 Å². The van der Waals surface area contributed by atoms with Crippen LogP contribution in [0, 0.1) is 23.7 Å². The number of hydrogen-bond donors (Lipinski definition) is 1. The van der Waals surface area contributed by atoms with Gasteiger partial charge in [-0.2, -0.15) is 8.42 Å². The fourth-order valence-corrected chi connectivity index (χ4v) is 5.74. The van der Waals surface area contributed by atoms with Crippen LogP contribution >= 0.6 is 0 Å². The van der Waals surface area contributed by atoms with Crippen molar-refractivity contribution in [1.29, 1.82) is 0 Å². The van der Waals surface area contributed by atoms with Crippen LogP contribution in [0.25, 0.3) is 0 Å². The smallest absolute Gasteiger partial charge is 0.315 e. The minimum atomic E-state index is -4.82. The Kier molecular flexibility index (Phi) is 8.49. The highest BCUT2D eigenvalue weighted by Crippen LogP contribution is 2.53. The predicted molar refractivity (Wildman–Crippen MR) is 121 cm³/mol. The summed E-state index contributed by atoms with van der Waals surface area (Å²) in [5.74, 6) is -5.64. The summed E-state index contributed by atoms with van der Waals surface area (Å²) in [5, 5.41) is 0.